The van der Waals surface area contributed by atoms with Gasteiger partial charge in [0.1, 0.15) is 0 Å². The van der Waals surface area contributed by atoms with Gasteiger partial charge in [-0.15, -0.1) is 0 Å². The van der Waals surface area contributed by atoms with E-state index in [9.17, 15) is 9.59 Å². The highest BCUT2D eigenvalue weighted by atomic mass is 16.4. The first kappa shape index (κ1) is 18.7. The van der Waals surface area contributed by atoms with Crippen molar-refractivity contribution < 1.29 is 14.7 Å². The van der Waals surface area contributed by atoms with Crippen molar-refractivity contribution >= 4 is 11.9 Å². The normalized spacial score (nSPS) is 11.4. The zero-order chi connectivity index (χ0) is 18.6. The first-order chi connectivity index (χ1) is 11.8. The summed E-state index contributed by atoms with van der Waals surface area (Å²) in [4.78, 5) is 23.7. The predicted octanol–water partition coefficient (Wildman–Crippen LogP) is 3.25. The molecule has 2 N–H and O–H groups in total. The van der Waals surface area contributed by atoms with Crippen LogP contribution in [-0.2, 0) is 4.79 Å². The van der Waals surface area contributed by atoms with Gasteiger partial charge in [-0.1, -0.05) is 13.8 Å². The van der Waals surface area contributed by atoms with Crippen LogP contribution in [0.2, 0.25) is 0 Å². The summed E-state index contributed by atoms with van der Waals surface area (Å²) >= 11 is 0. The first-order valence-corrected chi connectivity index (χ1v) is 8.48. The van der Waals surface area contributed by atoms with Crippen molar-refractivity contribution in [2.24, 2.45) is 0 Å². The van der Waals surface area contributed by atoms with Crippen molar-refractivity contribution in [2.75, 3.05) is 0 Å². The number of carbonyl (C=O) groups is 2. The van der Waals surface area contributed by atoms with E-state index in [1.165, 1.54) is 0 Å². The standard InChI is InChI=1S/C19H25N3O3/c1-5-19(6-2,12-17(23)24)20-18(25)15-7-9-16(10-8-15)22-14(4)11-13(3)21-22/h7-11H,5-6,12H2,1-4H3,(H,20,25)(H,23,24). The van der Waals surface area contributed by atoms with Crippen LogP contribution in [0.4, 0.5) is 0 Å². The van der Waals surface area contributed by atoms with Crippen LogP contribution in [0.25, 0.3) is 5.69 Å². The molecular weight excluding hydrogens is 318 g/mol. The molecule has 1 amide bonds. The minimum Gasteiger partial charge on any atom is -0.481 e. The molecule has 25 heavy (non-hydrogen) atoms. The van der Waals surface area contributed by atoms with Gasteiger partial charge in [0.15, 0.2) is 0 Å². The van der Waals surface area contributed by atoms with Crippen LogP contribution in [0.5, 0.6) is 0 Å². The molecule has 0 aliphatic carbocycles. The number of hydrogen-bond donors (Lipinski definition) is 2. The van der Waals surface area contributed by atoms with Crippen molar-refractivity contribution in [3.05, 3.63) is 47.3 Å². The molecule has 0 fully saturated rings. The van der Waals surface area contributed by atoms with Gasteiger partial charge in [-0.3, -0.25) is 9.59 Å². The number of aliphatic carboxylic acids is 1. The number of aromatic nitrogens is 2. The third-order valence-corrected chi connectivity index (χ3v) is 4.61. The predicted molar refractivity (Wildman–Crippen MR) is 96.1 cm³/mol. The third kappa shape index (κ3) is 4.26. The van der Waals surface area contributed by atoms with Gasteiger partial charge in [0.05, 0.1) is 23.3 Å². The molecule has 0 atom stereocenters. The van der Waals surface area contributed by atoms with Crippen molar-refractivity contribution in [3.8, 4) is 5.69 Å². The van der Waals surface area contributed by atoms with Crippen molar-refractivity contribution in [3.63, 3.8) is 0 Å². The highest BCUT2D eigenvalue weighted by Crippen LogP contribution is 2.21. The summed E-state index contributed by atoms with van der Waals surface area (Å²) < 4.78 is 1.82. The van der Waals surface area contributed by atoms with Crippen molar-refractivity contribution in [1.82, 2.24) is 15.1 Å². The monoisotopic (exact) mass is 343 g/mol. The molecule has 0 aliphatic rings. The second kappa shape index (κ2) is 7.51. The van der Waals surface area contributed by atoms with E-state index in [0.29, 0.717) is 18.4 Å². The fourth-order valence-electron chi connectivity index (χ4n) is 2.97. The Morgan fingerprint density at radius 3 is 2.20 bits per heavy atom. The Bertz CT molecular complexity index is 759. The number of nitrogens with one attached hydrogen (secondary N) is 1. The van der Waals surface area contributed by atoms with Gasteiger partial charge in [-0.25, -0.2) is 4.68 Å². The van der Waals surface area contributed by atoms with E-state index in [2.05, 4.69) is 10.4 Å². The van der Waals surface area contributed by atoms with Crippen LogP contribution in [0.15, 0.2) is 30.3 Å². The average Bonchev–Trinajstić information content (AvgIpc) is 2.92. The van der Waals surface area contributed by atoms with Crippen molar-refractivity contribution in [2.45, 2.75) is 52.5 Å². The molecule has 1 aromatic heterocycles. The van der Waals surface area contributed by atoms with Crippen LogP contribution in [0, 0.1) is 13.8 Å². The largest absolute Gasteiger partial charge is 0.481 e. The van der Waals surface area contributed by atoms with Gasteiger partial charge >= 0.3 is 5.97 Å². The summed E-state index contributed by atoms with van der Waals surface area (Å²) in [5.41, 5.74) is 2.61. The van der Waals surface area contributed by atoms with E-state index in [1.807, 2.05) is 50.6 Å². The lowest BCUT2D eigenvalue weighted by atomic mass is 9.88. The number of nitrogens with zero attached hydrogens (tertiary/aromatic N) is 2. The summed E-state index contributed by atoms with van der Waals surface area (Å²) in [5, 5.41) is 16.5. The molecule has 6 heteroatoms. The topological polar surface area (TPSA) is 84.2 Å². The van der Waals surface area contributed by atoms with Crippen molar-refractivity contribution in [1.29, 1.82) is 0 Å². The van der Waals surface area contributed by atoms with Crippen LogP contribution in [0.3, 0.4) is 0 Å². The number of carboxylic acids is 1. The van der Waals surface area contributed by atoms with E-state index in [4.69, 9.17) is 5.11 Å². The lowest BCUT2D eigenvalue weighted by Gasteiger charge is -2.31. The molecule has 1 aromatic carbocycles. The van der Waals surface area contributed by atoms with Crippen LogP contribution in [-0.4, -0.2) is 32.3 Å². The van der Waals surface area contributed by atoms with E-state index in [0.717, 1.165) is 17.1 Å². The molecule has 134 valence electrons. The molecule has 0 unspecified atom stereocenters. The number of rotatable bonds is 7. The zero-order valence-corrected chi connectivity index (χ0v) is 15.2. The molecule has 1 heterocycles. The van der Waals surface area contributed by atoms with Gasteiger partial charge in [0.25, 0.3) is 5.91 Å². The fraction of sp³-hybridized carbons (Fsp3) is 0.421. The number of aryl methyl sites for hydroxylation is 2. The van der Waals surface area contributed by atoms with E-state index in [-0.39, 0.29) is 12.3 Å². The molecule has 6 nitrogen and oxygen atoms in total. The molecule has 2 rings (SSSR count). The minimum absolute atomic E-state index is 0.0877. The molecule has 0 spiro atoms. The summed E-state index contributed by atoms with van der Waals surface area (Å²) in [6, 6.07) is 9.13. The van der Waals surface area contributed by atoms with Gasteiger partial charge in [-0.05, 0) is 57.0 Å². The summed E-state index contributed by atoms with van der Waals surface area (Å²) in [7, 11) is 0. The molecule has 0 bridgehead atoms. The highest BCUT2D eigenvalue weighted by molar-refractivity contribution is 5.95. The number of amides is 1. The van der Waals surface area contributed by atoms with Crippen LogP contribution >= 0.6 is 0 Å². The third-order valence-electron chi connectivity index (χ3n) is 4.61. The zero-order valence-electron chi connectivity index (χ0n) is 15.2. The summed E-state index contributed by atoms with van der Waals surface area (Å²) in [6.45, 7) is 7.68. The number of carboxylic acid groups (broad SMARTS) is 1. The molecule has 0 saturated heterocycles. The van der Waals surface area contributed by atoms with Crippen LogP contribution < -0.4 is 5.32 Å². The Balaban J connectivity index is 2.19. The number of carbonyl (C=O) groups excluding carboxylic acids is 1. The summed E-state index contributed by atoms with van der Waals surface area (Å²) in [6.07, 6.45) is 1.03. The number of benzene rings is 1. The second-order valence-corrected chi connectivity index (χ2v) is 6.40. The quantitative estimate of drug-likeness (QED) is 0.808. The van der Waals surface area contributed by atoms with E-state index >= 15 is 0 Å². The Labute approximate surface area is 147 Å². The maximum atomic E-state index is 12.6. The highest BCUT2D eigenvalue weighted by Gasteiger charge is 2.31. The Morgan fingerprint density at radius 1 is 1.16 bits per heavy atom. The average molecular weight is 343 g/mol. The first-order valence-electron chi connectivity index (χ1n) is 8.48. The molecule has 0 aliphatic heterocycles. The van der Waals surface area contributed by atoms with Gasteiger partial charge in [-0.2, -0.15) is 5.10 Å². The maximum Gasteiger partial charge on any atom is 0.305 e. The van der Waals surface area contributed by atoms with Gasteiger partial charge < -0.3 is 10.4 Å². The lowest BCUT2D eigenvalue weighted by molar-refractivity contribution is -0.138. The van der Waals surface area contributed by atoms with Gasteiger partial charge in [0, 0.05) is 11.3 Å². The molecular formula is C19H25N3O3. The smallest absolute Gasteiger partial charge is 0.305 e. The lowest BCUT2D eigenvalue weighted by Crippen LogP contribution is -2.49. The number of hydrogen-bond acceptors (Lipinski definition) is 3. The van der Waals surface area contributed by atoms with E-state index < -0.39 is 11.5 Å². The SMILES string of the molecule is CCC(CC)(CC(=O)O)NC(=O)c1ccc(-n2nc(C)cc2C)cc1. The minimum atomic E-state index is -0.913. The van der Waals surface area contributed by atoms with Crippen LogP contribution in [0.1, 0.15) is 54.9 Å². The Hall–Kier alpha value is -2.63. The maximum absolute atomic E-state index is 12.6. The second-order valence-electron chi connectivity index (χ2n) is 6.40. The molecule has 0 radical (unpaired) electrons. The van der Waals surface area contributed by atoms with E-state index in [1.54, 1.807) is 12.1 Å². The fourth-order valence-corrected chi connectivity index (χ4v) is 2.97. The Kier molecular flexibility index (Phi) is 5.62. The molecule has 2 aromatic rings. The Morgan fingerprint density at radius 2 is 1.76 bits per heavy atom. The van der Waals surface area contributed by atoms with Gasteiger partial charge in [0.2, 0.25) is 0 Å². The molecule has 0 saturated carbocycles. The summed E-state index contributed by atoms with van der Waals surface area (Å²) in [5.74, 6) is -1.17.